The number of guanidine groups is 1. The number of nitrogens with two attached hydrogens (primary N) is 5. The molecule has 3 heterocycles. The maximum atomic E-state index is 14.7. The van der Waals surface area contributed by atoms with E-state index in [4.69, 9.17) is 33.8 Å². The third-order valence-corrected chi connectivity index (χ3v) is 16.1. The first-order chi connectivity index (χ1) is 48.1. The number of aliphatic carboxylic acids is 1. The van der Waals surface area contributed by atoms with Crippen LogP contribution in [-0.2, 0) is 80.0 Å². The summed E-state index contributed by atoms with van der Waals surface area (Å²) in [5.41, 5.74) is 29.3. The first-order valence-corrected chi connectivity index (χ1v) is 34.1. The van der Waals surface area contributed by atoms with E-state index < -0.39 is 188 Å². The molecule has 1 aliphatic heterocycles. The summed E-state index contributed by atoms with van der Waals surface area (Å²) in [5.74, 6) is -13.0. The standard InChI is InChI=1S/C59H99N23O18S/c1-31(58(99)100)73-44(86)24-68-49(90)41(27-83)74-45(87)25-69-55(96)43-13-9-18-82(43)57(98)40(21-34-23-66-30-72-34)80-52(93)37(11-5-7-16-61)76-50(91)38(12-8-17-67-59(63)64)77-53(94)39(20-33-22-65-29-71-33)79-51(92)36(10-4-6-15-60)78-54(95)42(28-84)75-46(88)26-70-56(97)47(32(2)85)81-48(89)35(62)14-19-101-3/h22-23,29-32,35-43,47,83-85H,4-21,24-28,60-62H2,1-3H3,(H,65,71)(H,66,72)(H,68,90)(H,69,96)(H,70,97)(H,73,86)(H,74,87)(H,75,88)(H,76,91)(H,77,94)(H,78,95)(H,79,92)(H,80,93)(H,81,89)(H,99,100)(H4,63,64,67)/t31-,32+,35-,36-,37-,38-,39-,40-,41-,42-,43-,47-/m0/s1. The lowest BCUT2D eigenvalue weighted by Crippen LogP contribution is -2.61. The Hall–Kier alpha value is -9.62. The molecule has 0 bridgehead atoms. The van der Waals surface area contributed by atoms with Crippen molar-refractivity contribution in [1.82, 2.24) is 88.6 Å². The van der Waals surface area contributed by atoms with Crippen molar-refractivity contribution in [3.63, 3.8) is 0 Å². The average Bonchev–Trinajstić information content (AvgIpc) is 1.76. The third-order valence-electron chi connectivity index (χ3n) is 15.5. The number of carbonyl (C=O) groups is 14. The average molecular weight is 1450 g/mol. The van der Waals surface area contributed by atoms with E-state index in [0.29, 0.717) is 36.4 Å². The van der Waals surface area contributed by atoms with Crippen LogP contribution in [0.4, 0.5) is 0 Å². The number of H-pyrrole nitrogens is 2. The van der Waals surface area contributed by atoms with E-state index in [1.165, 1.54) is 55.6 Å². The second-order valence-corrected chi connectivity index (χ2v) is 24.6. The molecule has 0 saturated carbocycles. The van der Waals surface area contributed by atoms with Crippen LogP contribution in [0.15, 0.2) is 30.0 Å². The number of hydrogen-bond donors (Lipinski definition) is 23. The van der Waals surface area contributed by atoms with Crippen molar-refractivity contribution >= 4 is 100 Å². The SMILES string of the molecule is CSCC[C@H](N)C(=O)N[C@H](C(=O)NCC(=O)N[C@@H](CO)C(=O)N[C@@H](CCCCN)C(=O)N[C@@H](Cc1cnc[nH]1)C(=O)N[C@@H](CCCN=C(N)N)C(=O)N[C@@H](CCCCN)C(=O)N[C@@H](Cc1cnc[nH]1)C(=O)N1CCC[C@H]1C(=O)NCC(=O)N[C@@H](CO)C(=O)NCC(=O)N[C@@H](C)C(=O)O)[C@@H](C)O. The zero-order valence-electron chi connectivity index (χ0n) is 56.6. The fourth-order valence-corrected chi connectivity index (χ4v) is 10.4. The summed E-state index contributed by atoms with van der Waals surface area (Å²) >= 11 is 1.44. The summed E-state index contributed by atoms with van der Waals surface area (Å²) in [4.78, 5) is 207. The number of aliphatic imine (C=N–C) groups is 1. The van der Waals surface area contributed by atoms with Crippen LogP contribution in [0.5, 0.6) is 0 Å². The minimum Gasteiger partial charge on any atom is -0.480 e. The van der Waals surface area contributed by atoms with Gasteiger partial charge < -0.3 is 128 Å². The highest BCUT2D eigenvalue weighted by Gasteiger charge is 2.40. The fraction of sp³-hybridized carbons (Fsp3) is 0.644. The van der Waals surface area contributed by atoms with Gasteiger partial charge in [-0.05, 0) is 110 Å². The van der Waals surface area contributed by atoms with Crippen LogP contribution >= 0.6 is 11.8 Å². The molecular weight excluding hydrogens is 1350 g/mol. The second kappa shape index (κ2) is 45.9. The Morgan fingerprint density at radius 1 is 0.584 bits per heavy atom. The van der Waals surface area contributed by atoms with Gasteiger partial charge >= 0.3 is 5.97 Å². The van der Waals surface area contributed by atoms with Crippen molar-refractivity contribution in [1.29, 1.82) is 0 Å². The first-order valence-electron chi connectivity index (χ1n) is 32.7. The van der Waals surface area contributed by atoms with Crippen molar-refractivity contribution in [2.45, 2.75) is 170 Å². The molecule has 2 aromatic rings. The molecule has 0 radical (unpaired) electrons. The third kappa shape index (κ3) is 31.2. The number of carbonyl (C=O) groups excluding carboxylic acids is 13. The molecule has 0 aromatic carbocycles. The number of rotatable bonds is 48. The minimum absolute atomic E-state index is 0.00920. The number of unbranched alkanes of at least 4 members (excludes halogenated alkanes) is 2. The van der Waals surface area contributed by atoms with E-state index in [1.807, 2.05) is 6.26 Å². The maximum Gasteiger partial charge on any atom is 0.325 e. The van der Waals surface area contributed by atoms with E-state index in [-0.39, 0.29) is 96.3 Å². The Morgan fingerprint density at radius 3 is 1.51 bits per heavy atom. The number of aromatic nitrogens is 4. The number of hydrogen-bond acceptors (Lipinski definition) is 24. The van der Waals surface area contributed by atoms with Crippen LogP contribution < -0.4 is 92.5 Å². The van der Waals surface area contributed by atoms with Gasteiger partial charge in [-0.25, -0.2) is 9.97 Å². The van der Waals surface area contributed by atoms with Gasteiger partial charge in [0.05, 0.1) is 57.6 Å². The molecule has 1 fully saturated rings. The Balaban J connectivity index is 1.87. The van der Waals surface area contributed by atoms with Gasteiger partial charge in [0, 0.05) is 49.7 Å². The van der Waals surface area contributed by atoms with Gasteiger partial charge in [0.15, 0.2) is 5.96 Å². The van der Waals surface area contributed by atoms with Crippen molar-refractivity contribution in [3.8, 4) is 0 Å². The molecule has 1 saturated heterocycles. The molecule has 101 heavy (non-hydrogen) atoms. The van der Waals surface area contributed by atoms with Crippen molar-refractivity contribution in [2.24, 2.45) is 33.7 Å². The smallest absolute Gasteiger partial charge is 0.325 e. The van der Waals surface area contributed by atoms with Gasteiger partial charge in [-0.1, -0.05) is 0 Å². The molecule has 564 valence electrons. The number of aliphatic hydroxyl groups excluding tert-OH is 3. The van der Waals surface area contributed by atoms with Gasteiger partial charge in [0.2, 0.25) is 76.8 Å². The number of nitrogens with one attached hydrogen (secondary N) is 14. The monoisotopic (exact) mass is 1450 g/mol. The zero-order chi connectivity index (χ0) is 75.1. The lowest BCUT2D eigenvalue weighted by molar-refractivity contribution is -0.142. The fourth-order valence-electron chi connectivity index (χ4n) is 9.93. The van der Waals surface area contributed by atoms with E-state index in [9.17, 15) is 82.4 Å². The van der Waals surface area contributed by atoms with E-state index in [1.54, 1.807) is 0 Å². The quantitative estimate of drug-likeness (QED) is 0.0166. The number of carboxylic acid groups (broad SMARTS) is 1. The molecule has 1 aliphatic rings. The van der Waals surface area contributed by atoms with Gasteiger partial charge in [0.25, 0.3) is 0 Å². The zero-order valence-corrected chi connectivity index (χ0v) is 57.4. The second-order valence-electron chi connectivity index (χ2n) is 23.6. The van der Waals surface area contributed by atoms with Gasteiger partial charge in [-0.2, -0.15) is 11.8 Å². The number of thioether (sulfide) groups is 1. The Kier molecular flexibility index (Phi) is 38.9. The predicted octanol–water partition coefficient (Wildman–Crippen LogP) is -10.5. The number of carboxylic acids is 1. The summed E-state index contributed by atoms with van der Waals surface area (Å²) in [5, 5.41) is 68.3. The Labute approximate surface area is 585 Å². The molecule has 0 unspecified atom stereocenters. The Morgan fingerprint density at radius 2 is 1.04 bits per heavy atom. The maximum absolute atomic E-state index is 14.7. The first kappa shape index (κ1) is 85.6. The number of amides is 13. The highest BCUT2D eigenvalue weighted by Crippen LogP contribution is 2.20. The molecule has 28 N–H and O–H groups in total. The molecule has 2 aromatic heterocycles. The highest BCUT2D eigenvalue weighted by atomic mass is 32.2. The van der Waals surface area contributed by atoms with E-state index in [2.05, 4.69) is 88.7 Å². The molecule has 41 nitrogen and oxygen atoms in total. The van der Waals surface area contributed by atoms with Crippen LogP contribution in [0.1, 0.15) is 95.9 Å². The van der Waals surface area contributed by atoms with Crippen LogP contribution in [-0.4, -0.2) is 278 Å². The number of likely N-dealkylation sites (tertiary alicyclic amines) is 1. The van der Waals surface area contributed by atoms with E-state index >= 15 is 0 Å². The predicted molar refractivity (Wildman–Crippen MR) is 362 cm³/mol. The summed E-state index contributed by atoms with van der Waals surface area (Å²) < 4.78 is 0. The van der Waals surface area contributed by atoms with Gasteiger partial charge in [-0.3, -0.25) is 72.1 Å². The lowest BCUT2D eigenvalue weighted by Gasteiger charge is -2.30. The number of aliphatic hydroxyl groups is 3. The molecule has 0 aliphatic carbocycles. The van der Waals surface area contributed by atoms with Crippen molar-refractivity contribution < 1.29 is 87.5 Å². The number of imidazole rings is 2. The van der Waals surface area contributed by atoms with Gasteiger partial charge in [-0.15, -0.1) is 0 Å². The van der Waals surface area contributed by atoms with Crippen molar-refractivity contribution in [3.05, 3.63) is 36.4 Å². The van der Waals surface area contributed by atoms with Crippen LogP contribution in [0, 0.1) is 0 Å². The largest absolute Gasteiger partial charge is 0.480 e. The molecule has 13 amide bonds. The number of nitrogens with zero attached hydrogens (tertiary/aromatic N) is 4. The highest BCUT2D eigenvalue weighted by molar-refractivity contribution is 7.98. The van der Waals surface area contributed by atoms with Crippen LogP contribution in [0.3, 0.4) is 0 Å². The minimum atomic E-state index is -1.72. The van der Waals surface area contributed by atoms with Crippen molar-refractivity contribution in [2.75, 3.05) is 71.0 Å². The topological polar surface area (TPSA) is 667 Å². The van der Waals surface area contributed by atoms with Crippen LogP contribution in [0.2, 0.25) is 0 Å². The summed E-state index contributed by atoms with van der Waals surface area (Å²) in [7, 11) is 0. The van der Waals surface area contributed by atoms with Gasteiger partial charge in [0.1, 0.15) is 60.4 Å². The molecule has 3 rings (SSSR count). The molecule has 42 heteroatoms. The number of aromatic amines is 2. The summed E-state index contributed by atoms with van der Waals surface area (Å²) in [6.07, 6.45) is 6.79. The lowest BCUT2D eigenvalue weighted by atomic mass is 10.0. The summed E-state index contributed by atoms with van der Waals surface area (Å²) in [6, 6.07) is -15.7. The molecule has 0 spiro atoms. The van der Waals surface area contributed by atoms with E-state index in [0.717, 1.165) is 0 Å². The van der Waals surface area contributed by atoms with Crippen LogP contribution in [0.25, 0.3) is 0 Å². The summed E-state index contributed by atoms with van der Waals surface area (Å²) in [6.45, 7) is -1.48. The molecule has 12 atom stereocenters. The normalized spacial score (nSPS) is 15.8. The Bertz CT molecular complexity index is 3070. The molecular formula is C59H99N23O18S.